The highest BCUT2D eigenvalue weighted by Crippen LogP contribution is 2.40. The molecule has 0 spiro atoms. The van der Waals surface area contributed by atoms with Crippen LogP contribution >= 0.6 is 0 Å². The molecule has 0 unspecified atom stereocenters. The summed E-state index contributed by atoms with van der Waals surface area (Å²) in [6, 6.07) is 22.2. The Hall–Kier alpha value is -4.72. The third kappa shape index (κ3) is 4.68. The van der Waals surface area contributed by atoms with Crippen LogP contribution in [0.5, 0.6) is 5.75 Å². The first-order chi connectivity index (χ1) is 18.4. The highest BCUT2D eigenvalue weighted by Gasteiger charge is 2.36. The van der Waals surface area contributed by atoms with Gasteiger partial charge in [0.15, 0.2) is 0 Å². The second kappa shape index (κ2) is 10.3. The number of pyridine rings is 1. The number of aryl methyl sites for hydroxylation is 1. The first kappa shape index (κ1) is 25.0. The van der Waals surface area contributed by atoms with Gasteiger partial charge in [-0.15, -0.1) is 0 Å². The number of carboxylic acids is 1. The van der Waals surface area contributed by atoms with E-state index in [1.807, 2.05) is 73.7 Å². The summed E-state index contributed by atoms with van der Waals surface area (Å²) in [6.45, 7) is 1.99. The second-order valence-electron chi connectivity index (χ2n) is 9.24. The van der Waals surface area contributed by atoms with Crippen molar-refractivity contribution in [3.63, 3.8) is 0 Å². The molecule has 1 atom stereocenters. The van der Waals surface area contributed by atoms with Crippen LogP contribution in [0.4, 0.5) is 0 Å². The fraction of sp³-hybridized carbons (Fsp3) is 0.200. The first-order valence-electron chi connectivity index (χ1n) is 12.3. The number of para-hydroxylation sites is 1. The number of aromatic nitrogens is 1. The number of carboxylic acid groups (broad SMARTS) is 1. The highest BCUT2D eigenvalue weighted by molar-refractivity contribution is 6.13. The number of H-pyrrole nitrogens is 1. The Labute approximate surface area is 219 Å². The van der Waals surface area contributed by atoms with Crippen LogP contribution in [0.15, 0.2) is 82.7 Å². The molecule has 1 aromatic heterocycles. The summed E-state index contributed by atoms with van der Waals surface area (Å²) in [5.74, 6) is -1.23. The van der Waals surface area contributed by atoms with Crippen molar-refractivity contribution >= 4 is 28.5 Å². The molecule has 8 heteroatoms. The molecule has 2 heterocycles. The number of nitrogens with one attached hydrogen (secondary N) is 1. The Bertz CT molecular complexity index is 1620. The summed E-state index contributed by atoms with van der Waals surface area (Å²) < 4.78 is 5.55. The van der Waals surface area contributed by atoms with Gasteiger partial charge in [0, 0.05) is 40.8 Å². The van der Waals surface area contributed by atoms with Gasteiger partial charge in [-0.3, -0.25) is 9.59 Å². The standard InChI is InChI=1S/C30H27N3O5/c1-18-12-13-22-21(16-18)28(19-8-4-3-5-9-19)29(30(37)31-22)23-17-24(20-10-6-7-11-25(20)38-2)33(32-23)26(34)14-15-27(35)36/h3-13,16,24H,14-15,17H2,1-2H3,(H,31,37)(H,35,36)/p-1/t24-/m0/s1. The molecular weight excluding hydrogens is 482 g/mol. The number of nitrogens with zero attached hydrogens (tertiary/aromatic N) is 2. The molecule has 4 aromatic rings. The van der Waals surface area contributed by atoms with Gasteiger partial charge in [-0.1, -0.05) is 60.2 Å². The third-order valence-corrected chi connectivity index (χ3v) is 6.73. The Balaban J connectivity index is 1.71. The van der Waals surface area contributed by atoms with Gasteiger partial charge in [0.2, 0.25) is 5.91 Å². The summed E-state index contributed by atoms with van der Waals surface area (Å²) in [6.07, 6.45) is -0.453. The van der Waals surface area contributed by atoms with E-state index in [2.05, 4.69) is 10.1 Å². The van der Waals surface area contributed by atoms with Crippen molar-refractivity contribution in [1.29, 1.82) is 0 Å². The number of ether oxygens (including phenoxy) is 1. The number of hydrogen-bond donors (Lipinski definition) is 1. The molecule has 3 aromatic carbocycles. The van der Waals surface area contributed by atoms with Crippen molar-refractivity contribution in [2.24, 2.45) is 5.10 Å². The Morgan fingerprint density at radius 3 is 2.50 bits per heavy atom. The van der Waals surface area contributed by atoms with Crippen LogP contribution < -0.4 is 15.4 Å². The number of aliphatic carboxylic acids is 1. The highest BCUT2D eigenvalue weighted by atomic mass is 16.5. The van der Waals surface area contributed by atoms with E-state index in [0.717, 1.165) is 22.1 Å². The lowest BCUT2D eigenvalue weighted by molar-refractivity contribution is -0.305. The van der Waals surface area contributed by atoms with Crippen molar-refractivity contribution in [2.75, 3.05) is 7.11 Å². The molecule has 0 fully saturated rings. The largest absolute Gasteiger partial charge is 0.550 e. The number of carbonyl (C=O) groups excluding carboxylic acids is 2. The van der Waals surface area contributed by atoms with Gasteiger partial charge in [0.1, 0.15) is 5.75 Å². The lowest BCUT2D eigenvalue weighted by Crippen LogP contribution is -2.30. The zero-order chi connectivity index (χ0) is 26.8. The van der Waals surface area contributed by atoms with E-state index in [4.69, 9.17) is 4.74 Å². The molecule has 5 rings (SSSR count). The van der Waals surface area contributed by atoms with Gasteiger partial charge < -0.3 is 19.6 Å². The Morgan fingerprint density at radius 2 is 1.76 bits per heavy atom. The van der Waals surface area contributed by atoms with E-state index >= 15 is 0 Å². The van der Waals surface area contributed by atoms with Crippen LogP contribution in [0.25, 0.3) is 22.0 Å². The van der Waals surface area contributed by atoms with Crippen LogP contribution in [0.2, 0.25) is 0 Å². The number of hydrazone groups is 1. The summed E-state index contributed by atoms with van der Waals surface area (Å²) >= 11 is 0. The summed E-state index contributed by atoms with van der Waals surface area (Å²) in [4.78, 5) is 40.9. The van der Waals surface area contributed by atoms with E-state index in [1.54, 1.807) is 13.2 Å². The number of benzene rings is 3. The number of aromatic amines is 1. The predicted molar refractivity (Wildman–Crippen MR) is 143 cm³/mol. The normalized spacial score (nSPS) is 14.9. The lowest BCUT2D eigenvalue weighted by atomic mass is 9.90. The van der Waals surface area contributed by atoms with Crippen molar-refractivity contribution < 1.29 is 19.4 Å². The van der Waals surface area contributed by atoms with E-state index in [1.165, 1.54) is 5.01 Å². The molecular formula is C30H26N3O5-. The quantitative estimate of drug-likeness (QED) is 0.409. The summed E-state index contributed by atoms with van der Waals surface area (Å²) in [5, 5.41) is 17.9. The summed E-state index contributed by atoms with van der Waals surface area (Å²) in [5.41, 5.74) is 4.52. The van der Waals surface area contributed by atoms with Gasteiger partial charge in [0.05, 0.1) is 24.4 Å². The molecule has 0 radical (unpaired) electrons. The molecule has 1 amide bonds. The zero-order valence-corrected chi connectivity index (χ0v) is 21.1. The van der Waals surface area contributed by atoms with Gasteiger partial charge in [0.25, 0.3) is 5.56 Å². The Morgan fingerprint density at radius 1 is 1.03 bits per heavy atom. The smallest absolute Gasteiger partial charge is 0.258 e. The number of amides is 1. The van der Waals surface area contributed by atoms with Crippen molar-refractivity contribution in [3.8, 4) is 16.9 Å². The average molecular weight is 509 g/mol. The number of rotatable bonds is 7. The van der Waals surface area contributed by atoms with Crippen molar-refractivity contribution in [3.05, 3.63) is 99.8 Å². The van der Waals surface area contributed by atoms with Gasteiger partial charge in [-0.25, -0.2) is 5.01 Å². The van der Waals surface area contributed by atoms with E-state index < -0.39 is 24.3 Å². The maximum Gasteiger partial charge on any atom is 0.258 e. The lowest BCUT2D eigenvalue weighted by Gasteiger charge is -2.23. The van der Waals surface area contributed by atoms with Crippen LogP contribution in [0, 0.1) is 6.92 Å². The molecule has 8 nitrogen and oxygen atoms in total. The molecule has 0 saturated heterocycles. The zero-order valence-electron chi connectivity index (χ0n) is 21.1. The van der Waals surface area contributed by atoms with Crippen LogP contribution in [0.3, 0.4) is 0 Å². The van der Waals surface area contributed by atoms with Crippen molar-refractivity contribution in [1.82, 2.24) is 9.99 Å². The molecule has 1 aliphatic heterocycles. The fourth-order valence-corrected chi connectivity index (χ4v) is 4.99. The van der Waals surface area contributed by atoms with Gasteiger partial charge >= 0.3 is 0 Å². The average Bonchev–Trinajstić information content (AvgIpc) is 3.36. The maximum atomic E-state index is 13.6. The maximum absolute atomic E-state index is 13.6. The number of fused-ring (bicyclic) bond motifs is 1. The fourth-order valence-electron chi connectivity index (χ4n) is 4.99. The Kier molecular flexibility index (Phi) is 6.79. The molecule has 0 bridgehead atoms. The predicted octanol–water partition coefficient (Wildman–Crippen LogP) is 3.72. The van der Waals surface area contributed by atoms with Gasteiger partial charge in [-0.2, -0.15) is 5.10 Å². The molecule has 1 aliphatic rings. The van der Waals surface area contributed by atoms with Crippen LogP contribution in [0.1, 0.15) is 42.0 Å². The minimum atomic E-state index is -1.32. The number of carbonyl (C=O) groups is 2. The van der Waals surface area contributed by atoms with E-state index in [9.17, 15) is 19.5 Å². The van der Waals surface area contributed by atoms with E-state index in [0.29, 0.717) is 28.1 Å². The van der Waals surface area contributed by atoms with Crippen LogP contribution in [-0.2, 0) is 9.59 Å². The molecule has 0 aliphatic carbocycles. The minimum Gasteiger partial charge on any atom is -0.550 e. The monoisotopic (exact) mass is 508 g/mol. The molecule has 192 valence electrons. The topological polar surface area (TPSA) is 115 Å². The first-order valence-corrected chi connectivity index (χ1v) is 12.3. The summed E-state index contributed by atoms with van der Waals surface area (Å²) in [7, 11) is 1.54. The molecule has 0 saturated carbocycles. The molecule has 1 N–H and O–H groups in total. The molecule has 38 heavy (non-hydrogen) atoms. The van der Waals surface area contributed by atoms with Crippen molar-refractivity contribution in [2.45, 2.75) is 32.2 Å². The number of methoxy groups -OCH3 is 1. The van der Waals surface area contributed by atoms with Crippen LogP contribution in [-0.4, -0.2) is 34.7 Å². The van der Waals surface area contributed by atoms with Gasteiger partial charge in [-0.05, 0) is 37.1 Å². The minimum absolute atomic E-state index is 0.248. The second-order valence-corrected chi connectivity index (χ2v) is 9.24. The third-order valence-electron chi connectivity index (χ3n) is 6.73. The van der Waals surface area contributed by atoms with E-state index in [-0.39, 0.29) is 18.4 Å². The SMILES string of the molecule is COc1ccccc1[C@@H]1CC(c2c(-c3ccccc3)c3cc(C)ccc3[nH]c2=O)=NN1C(=O)CCC(=O)[O-]. The number of hydrogen-bond acceptors (Lipinski definition) is 6.